The third-order valence-corrected chi connectivity index (χ3v) is 5.58. The van der Waals surface area contributed by atoms with Gasteiger partial charge in [-0.2, -0.15) is 0 Å². The molecule has 0 saturated carbocycles. The molecule has 3 aromatic rings. The first-order valence-electron chi connectivity index (χ1n) is 10.1. The van der Waals surface area contributed by atoms with Crippen LogP contribution in [0.3, 0.4) is 0 Å². The third kappa shape index (κ3) is 4.51. The highest BCUT2D eigenvalue weighted by Crippen LogP contribution is 2.29. The number of aryl methyl sites for hydroxylation is 1. The Balaban J connectivity index is 1.34. The highest BCUT2D eigenvalue weighted by molar-refractivity contribution is 5.85. The maximum absolute atomic E-state index is 11.4. The molecule has 0 atom stereocenters. The molecule has 2 heterocycles. The smallest absolute Gasteiger partial charge is 0.336 e. The Kier molecular flexibility index (Phi) is 5.96. The fourth-order valence-electron chi connectivity index (χ4n) is 4.01. The maximum atomic E-state index is 11.4. The van der Waals surface area contributed by atoms with E-state index in [-0.39, 0.29) is 5.63 Å². The van der Waals surface area contributed by atoms with Crippen LogP contribution in [0, 0.1) is 4.91 Å². The molecule has 2 aromatic carbocycles. The predicted octanol–water partition coefficient (Wildman–Crippen LogP) is 5.30. The molecule has 0 radical (unpaired) electrons. The maximum Gasteiger partial charge on any atom is 0.336 e. The highest BCUT2D eigenvalue weighted by atomic mass is 16.4. The predicted molar refractivity (Wildman–Crippen MR) is 116 cm³/mol. The van der Waals surface area contributed by atoms with E-state index in [0.717, 1.165) is 56.3 Å². The molecule has 0 fully saturated rings. The van der Waals surface area contributed by atoms with E-state index < -0.39 is 0 Å². The van der Waals surface area contributed by atoms with Crippen LogP contribution >= 0.6 is 0 Å². The molecule has 5 nitrogen and oxygen atoms in total. The Morgan fingerprint density at radius 1 is 1.00 bits per heavy atom. The summed E-state index contributed by atoms with van der Waals surface area (Å²) in [6.45, 7) is 3.08. The lowest BCUT2D eigenvalue weighted by molar-refractivity contribution is 0.295. The molecule has 29 heavy (non-hydrogen) atoms. The summed E-state index contributed by atoms with van der Waals surface area (Å²) in [5, 5.41) is 3.96. The number of unbranched alkanes of at least 4 members (excludes halogenated alkanes) is 1. The third-order valence-electron chi connectivity index (χ3n) is 5.58. The van der Waals surface area contributed by atoms with Crippen LogP contribution in [0.15, 0.2) is 75.1 Å². The summed E-state index contributed by atoms with van der Waals surface area (Å²) in [6.07, 6.45) is 6.14. The first-order valence-corrected chi connectivity index (χ1v) is 10.1. The van der Waals surface area contributed by atoms with Crippen molar-refractivity contribution in [2.45, 2.75) is 25.7 Å². The van der Waals surface area contributed by atoms with Gasteiger partial charge in [-0.25, -0.2) is 4.79 Å². The van der Waals surface area contributed by atoms with E-state index in [2.05, 4.69) is 40.4 Å². The van der Waals surface area contributed by atoms with Crippen LogP contribution in [0.4, 0.5) is 5.69 Å². The zero-order chi connectivity index (χ0) is 20.1. The van der Waals surface area contributed by atoms with Crippen molar-refractivity contribution < 1.29 is 4.42 Å². The van der Waals surface area contributed by atoms with Gasteiger partial charge in [0, 0.05) is 24.5 Å². The van der Waals surface area contributed by atoms with Crippen LogP contribution in [-0.4, -0.2) is 24.5 Å². The van der Waals surface area contributed by atoms with Gasteiger partial charge in [0.25, 0.3) is 0 Å². The van der Waals surface area contributed by atoms with Gasteiger partial charge >= 0.3 is 5.63 Å². The van der Waals surface area contributed by atoms with Crippen molar-refractivity contribution in [3.63, 3.8) is 0 Å². The summed E-state index contributed by atoms with van der Waals surface area (Å²) < 4.78 is 5.24. The van der Waals surface area contributed by atoms with Crippen LogP contribution in [0.25, 0.3) is 16.5 Å². The molecule has 0 amide bonds. The number of hydrogen-bond acceptors (Lipinski definition) is 5. The van der Waals surface area contributed by atoms with Crippen molar-refractivity contribution in [2.75, 3.05) is 19.6 Å². The van der Waals surface area contributed by atoms with E-state index >= 15 is 0 Å². The molecule has 0 aliphatic carbocycles. The summed E-state index contributed by atoms with van der Waals surface area (Å²) >= 11 is 0. The minimum absolute atomic E-state index is 0.386. The molecular weight excluding hydrogens is 364 g/mol. The normalized spacial score (nSPS) is 14.7. The molecule has 0 bridgehead atoms. The summed E-state index contributed by atoms with van der Waals surface area (Å²) in [5.41, 5.74) is 4.17. The summed E-state index contributed by atoms with van der Waals surface area (Å²) in [7, 11) is 0. The fraction of sp³-hybridized carbons (Fsp3) is 0.292. The van der Waals surface area contributed by atoms with E-state index in [9.17, 15) is 9.70 Å². The van der Waals surface area contributed by atoms with E-state index in [1.165, 1.54) is 17.2 Å². The van der Waals surface area contributed by atoms with Gasteiger partial charge in [-0.15, -0.1) is 4.91 Å². The molecule has 148 valence electrons. The van der Waals surface area contributed by atoms with E-state index in [1.807, 2.05) is 6.07 Å². The standard InChI is InChI=1S/C24H24N2O3/c27-24-12-9-21-20(22(25-28)10-11-23(21)29-24)8-4-5-15-26-16-13-19(14-17-26)18-6-2-1-3-7-18/h1-3,6-7,9-13H,4-5,8,14-17H2. The number of benzene rings is 2. The lowest BCUT2D eigenvalue weighted by Crippen LogP contribution is -2.29. The molecule has 1 aromatic heterocycles. The fourth-order valence-corrected chi connectivity index (χ4v) is 4.01. The zero-order valence-corrected chi connectivity index (χ0v) is 16.3. The zero-order valence-electron chi connectivity index (χ0n) is 16.3. The Morgan fingerprint density at radius 3 is 2.62 bits per heavy atom. The molecule has 0 saturated heterocycles. The van der Waals surface area contributed by atoms with E-state index in [4.69, 9.17) is 4.42 Å². The average molecular weight is 388 g/mol. The lowest BCUT2D eigenvalue weighted by atomic mass is 9.99. The molecule has 4 rings (SSSR count). The van der Waals surface area contributed by atoms with Crippen molar-refractivity contribution in [1.82, 2.24) is 4.90 Å². The quantitative estimate of drug-likeness (QED) is 0.313. The monoisotopic (exact) mass is 388 g/mol. The van der Waals surface area contributed by atoms with Gasteiger partial charge < -0.3 is 4.42 Å². The van der Waals surface area contributed by atoms with Gasteiger partial charge in [0.15, 0.2) is 0 Å². The largest absolute Gasteiger partial charge is 0.423 e. The Hall–Kier alpha value is -3.05. The van der Waals surface area contributed by atoms with Gasteiger partial charge in [-0.1, -0.05) is 36.4 Å². The van der Waals surface area contributed by atoms with Crippen LogP contribution < -0.4 is 5.63 Å². The van der Waals surface area contributed by atoms with Crippen molar-refractivity contribution in [1.29, 1.82) is 0 Å². The highest BCUT2D eigenvalue weighted by Gasteiger charge is 2.14. The minimum Gasteiger partial charge on any atom is -0.423 e. The first-order chi connectivity index (χ1) is 14.2. The number of rotatable bonds is 7. The number of nitrogens with zero attached hydrogens (tertiary/aromatic N) is 2. The van der Waals surface area contributed by atoms with Gasteiger partial charge in [-0.3, -0.25) is 4.90 Å². The molecular formula is C24H24N2O3. The molecule has 0 N–H and O–H groups in total. The van der Waals surface area contributed by atoms with Crippen LogP contribution in [-0.2, 0) is 6.42 Å². The number of hydrogen-bond donors (Lipinski definition) is 0. The molecule has 1 aliphatic rings. The van der Waals surface area contributed by atoms with Crippen molar-refractivity contribution >= 4 is 22.2 Å². The van der Waals surface area contributed by atoms with Gasteiger partial charge in [0.2, 0.25) is 0 Å². The minimum atomic E-state index is -0.386. The molecule has 0 spiro atoms. The average Bonchev–Trinajstić information content (AvgIpc) is 2.77. The van der Waals surface area contributed by atoms with E-state index in [0.29, 0.717) is 11.3 Å². The Labute approximate surface area is 169 Å². The Bertz CT molecular complexity index is 1090. The summed E-state index contributed by atoms with van der Waals surface area (Å²) in [6, 6.07) is 17.0. The van der Waals surface area contributed by atoms with Crippen LogP contribution in [0.2, 0.25) is 0 Å². The second-order valence-corrected chi connectivity index (χ2v) is 7.42. The summed E-state index contributed by atoms with van der Waals surface area (Å²) in [4.78, 5) is 25.1. The number of nitroso groups, excluding NO2 is 1. The Morgan fingerprint density at radius 2 is 1.86 bits per heavy atom. The first kappa shape index (κ1) is 19.3. The van der Waals surface area contributed by atoms with Crippen molar-refractivity contribution in [3.8, 4) is 0 Å². The van der Waals surface area contributed by atoms with Crippen molar-refractivity contribution in [3.05, 3.63) is 87.1 Å². The topological polar surface area (TPSA) is 62.9 Å². The van der Waals surface area contributed by atoms with Gasteiger partial charge in [0.1, 0.15) is 11.3 Å². The van der Waals surface area contributed by atoms with Crippen molar-refractivity contribution in [2.24, 2.45) is 5.18 Å². The lowest BCUT2D eigenvalue weighted by Gasteiger charge is -2.26. The second kappa shape index (κ2) is 8.97. The molecule has 0 unspecified atom stereocenters. The SMILES string of the molecule is O=Nc1ccc2oc(=O)ccc2c1CCCCN1CC=C(c2ccccc2)CC1. The van der Waals surface area contributed by atoms with Gasteiger partial charge in [0.05, 0.1) is 0 Å². The van der Waals surface area contributed by atoms with Crippen LogP contribution in [0.1, 0.15) is 30.4 Å². The molecule has 5 heteroatoms. The van der Waals surface area contributed by atoms with E-state index in [1.54, 1.807) is 18.2 Å². The van der Waals surface area contributed by atoms with Gasteiger partial charge in [-0.05, 0) is 72.3 Å². The van der Waals surface area contributed by atoms with Crippen LogP contribution in [0.5, 0.6) is 0 Å². The second-order valence-electron chi connectivity index (χ2n) is 7.42. The summed E-state index contributed by atoms with van der Waals surface area (Å²) in [5.74, 6) is 0. The number of fused-ring (bicyclic) bond motifs is 1. The molecule has 1 aliphatic heterocycles.